The van der Waals surface area contributed by atoms with Gasteiger partial charge in [-0.15, -0.1) is 0 Å². The second kappa shape index (κ2) is 7.75. The third-order valence-electron chi connectivity index (χ3n) is 4.55. The highest BCUT2D eigenvalue weighted by Crippen LogP contribution is 2.45. The minimum atomic E-state index is -3.11. The molecule has 4 aromatic carbocycles. The lowest BCUT2D eigenvalue weighted by atomic mass is 10.3. The Bertz CT molecular complexity index is 1070. The predicted molar refractivity (Wildman–Crippen MR) is 117 cm³/mol. The molecule has 2 N–H and O–H groups in total. The molecule has 138 valence electrons. The molecule has 3 nitrogen and oxygen atoms in total. The molecule has 4 rings (SSSR count). The van der Waals surface area contributed by atoms with Crippen LogP contribution in [0.25, 0.3) is 0 Å². The number of ether oxygens (including phenoxy) is 1. The number of anilines is 1. The van der Waals surface area contributed by atoms with E-state index in [9.17, 15) is 4.57 Å². The van der Waals surface area contributed by atoms with Crippen molar-refractivity contribution in [3.05, 3.63) is 109 Å². The molecule has 0 aromatic heterocycles. The van der Waals surface area contributed by atoms with Crippen molar-refractivity contribution in [2.45, 2.75) is 0 Å². The summed E-state index contributed by atoms with van der Waals surface area (Å²) in [5, 5.41) is 2.22. The van der Waals surface area contributed by atoms with Gasteiger partial charge in [-0.1, -0.05) is 72.8 Å². The van der Waals surface area contributed by atoms with Crippen LogP contribution < -0.4 is 26.4 Å². The zero-order chi connectivity index (χ0) is 19.4. The number of benzene rings is 4. The number of hydrogen-bond acceptors (Lipinski definition) is 3. The number of nitrogens with two attached hydrogens (primary N) is 1. The molecular formula is C24H20NO2P. The molecular weight excluding hydrogens is 365 g/mol. The van der Waals surface area contributed by atoms with Gasteiger partial charge in [-0.25, -0.2) is 0 Å². The largest absolute Gasteiger partial charge is 0.457 e. The lowest BCUT2D eigenvalue weighted by Gasteiger charge is -2.22. The van der Waals surface area contributed by atoms with Gasteiger partial charge in [0.05, 0.1) is 5.30 Å². The van der Waals surface area contributed by atoms with Gasteiger partial charge in [0.25, 0.3) is 0 Å². The highest BCUT2D eigenvalue weighted by molar-refractivity contribution is 7.85. The summed E-state index contributed by atoms with van der Waals surface area (Å²) in [6.45, 7) is 0. The molecule has 0 saturated carbocycles. The summed E-state index contributed by atoms with van der Waals surface area (Å²) in [4.78, 5) is 0. The lowest BCUT2D eigenvalue weighted by molar-refractivity contribution is 0.486. The first kappa shape index (κ1) is 18.1. The predicted octanol–water partition coefficient (Wildman–Crippen LogP) is 4.70. The highest BCUT2D eigenvalue weighted by atomic mass is 31.2. The quantitative estimate of drug-likeness (QED) is 0.400. The van der Waals surface area contributed by atoms with Crippen LogP contribution in [0.4, 0.5) is 5.69 Å². The number of rotatable bonds is 5. The van der Waals surface area contributed by atoms with Crippen LogP contribution in [0.2, 0.25) is 0 Å². The van der Waals surface area contributed by atoms with E-state index in [-0.39, 0.29) is 0 Å². The van der Waals surface area contributed by atoms with Gasteiger partial charge in [-0.2, -0.15) is 0 Å². The van der Waals surface area contributed by atoms with Crippen LogP contribution in [0.5, 0.6) is 11.5 Å². The SMILES string of the molecule is Nc1ccc(Oc2ccccc2P(=O)(c2ccccc2)c2ccccc2)cc1. The van der Waals surface area contributed by atoms with E-state index in [1.54, 1.807) is 12.1 Å². The van der Waals surface area contributed by atoms with Crippen molar-refractivity contribution in [2.75, 3.05) is 5.73 Å². The minimum absolute atomic E-state index is 0.573. The fourth-order valence-electron chi connectivity index (χ4n) is 3.17. The summed E-state index contributed by atoms with van der Waals surface area (Å²) in [6, 6.07) is 33.8. The van der Waals surface area contributed by atoms with Gasteiger partial charge in [0.15, 0.2) is 7.14 Å². The highest BCUT2D eigenvalue weighted by Gasteiger charge is 2.32. The van der Waals surface area contributed by atoms with Crippen LogP contribution in [-0.4, -0.2) is 0 Å². The molecule has 4 aromatic rings. The summed E-state index contributed by atoms with van der Waals surface area (Å²) in [5.74, 6) is 1.22. The molecule has 0 amide bonds. The molecule has 0 aliphatic carbocycles. The van der Waals surface area contributed by atoms with E-state index in [4.69, 9.17) is 10.5 Å². The Balaban J connectivity index is 1.89. The molecule has 0 aliphatic rings. The molecule has 0 atom stereocenters. The van der Waals surface area contributed by atoms with Gasteiger partial charge in [0, 0.05) is 16.3 Å². The van der Waals surface area contributed by atoms with Crippen molar-refractivity contribution in [3.63, 3.8) is 0 Å². The Morgan fingerprint density at radius 1 is 0.607 bits per heavy atom. The van der Waals surface area contributed by atoms with Crippen molar-refractivity contribution in [1.82, 2.24) is 0 Å². The summed E-state index contributed by atoms with van der Waals surface area (Å²) in [7, 11) is -3.11. The van der Waals surface area contributed by atoms with Crippen molar-refractivity contribution in [2.24, 2.45) is 0 Å². The zero-order valence-electron chi connectivity index (χ0n) is 15.2. The van der Waals surface area contributed by atoms with Crippen molar-refractivity contribution < 1.29 is 9.30 Å². The first-order valence-corrected chi connectivity index (χ1v) is 10.7. The van der Waals surface area contributed by atoms with E-state index < -0.39 is 7.14 Å². The Morgan fingerprint density at radius 2 is 1.11 bits per heavy atom. The molecule has 0 aliphatic heterocycles. The average molecular weight is 385 g/mol. The minimum Gasteiger partial charge on any atom is -0.457 e. The summed E-state index contributed by atoms with van der Waals surface area (Å²) in [5.41, 5.74) is 6.44. The number of nitrogen functional groups attached to an aromatic ring is 1. The van der Waals surface area contributed by atoms with Gasteiger partial charge < -0.3 is 15.0 Å². The monoisotopic (exact) mass is 385 g/mol. The molecule has 0 bridgehead atoms. The first-order chi connectivity index (χ1) is 13.7. The van der Waals surface area contributed by atoms with E-state index in [0.717, 1.165) is 10.6 Å². The van der Waals surface area contributed by atoms with Crippen molar-refractivity contribution in [3.8, 4) is 11.5 Å². The zero-order valence-corrected chi connectivity index (χ0v) is 16.1. The Kier molecular flexibility index (Phi) is 5.01. The van der Waals surface area contributed by atoms with Crippen LogP contribution in [0.15, 0.2) is 109 Å². The Labute approximate surface area is 164 Å². The molecule has 0 unspecified atom stereocenters. The molecule has 0 radical (unpaired) electrons. The number of para-hydroxylation sites is 1. The maximum atomic E-state index is 14.6. The van der Waals surface area contributed by atoms with E-state index in [0.29, 0.717) is 22.5 Å². The van der Waals surface area contributed by atoms with E-state index >= 15 is 0 Å². The van der Waals surface area contributed by atoms with Crippen LogP contribution in [0.1, 0.15) is 0 Å². The molecule has 0 fully saturated rings. The third-order valence-corrected chi connectivity index (χ3v) is 7.65. The normalized spacial score (nSPS) is 11.1. The van der Waals surface area contributed by atoms with Gasteiger partial charge in [-0.3, -0.25) is 0 Å². The number of hydrogen-bond donors (Lipinski definition) is 1. The first-order valence-electron chi connectivity index (χ1n) is 9.02. The summed E-state index contributed by atoms with van der Waals surface area (Å²) < 4.78 is 20.7. The maximum absolute atomic E-state index is 14.6. The van der Waals surface area contributed by atoms with Gasteiger partial charge in [0.1, 0.15) is 11.5 Å². The van der Waals surface area contributed by atoms with Crippen LogP contribution >= 0.6 is 7.14 Å². The Morgan fingerprint density at radius 3 is 1.68 bits per heavy atom. The molecule has 0 saturated heterocycles. The van der Waals surface area contributed by atoms with Gasteiger partial charge in [0.2, 0.25) is 0 Å². The fraction of sp³-hybridized carbons (Fsp3) is 0. The van der Waals surface area contributed by atoms with Gasteiger partial charge >= 0.3 is 0 Å². The topological polar surface area (TPSA) is 52.3 Å². The smallest absolute Gasteiger partial charge is 0.174 e. The van der Waals surface area contributed by atoms with Crippen molar-refractivity contribution >= 4 is 28.7 Å². The second-order valence-electron chi connectivity index (χ2n) is 6.42. The molecule has 4 heteroatoms. The van der Waals surface area contributed by atoms with Gasteiger partial charge in [-0.05, 0) is 36.4 Å². The fourth-order valence-corrected chi connectivity index (χ4v) is 5.93. The average Bonchev–Trinajstić information content (AvgIpc) is 2.76. The van der Waals surface area contributed by atoms with E-state index in [1.165, 1.54) is 0 Å². The van der Waals surface area contributed by atoms with Crippen LogP contribution in [0.3, 0.4) is 0 Å². The molecule has 0 spiro atoms. The maximum Gasteiger partial charge on any atom is 0.174 e. The lowest BCUT2D eigenvalue weighted by Crippen LogP contribution is -2.25. The van der Waals surface area contributed by atoms with Crippen LogP contribution in [-0.2, 0) is 4.57 Å². The molecule has 0 heterocycles. The second-order valence-corrected chi connectivity index (χ2v) is 9.15. The van der Waals surface area contributed by atoms with Crippen molar-refractivity contribution in [1.29, 1.82) is 0 Å². The molecule has 28 heavy (non-hydrogen) atoms. The van der Waals surface area contributed by atoms with E-state index in [1.807, 2.05) is 97.1 Å². The summed E-state index contributed by atoms with van der Waals surface area (Å²) in [6.07, 6.45) is 0. The Hall–Kier alpha value is -3.29. The third kappa shape index (κ3) is 3.45. The van der Waals surface area contributed by atoms with E-state index in [2.05, 4.69) is 0 Å². The standard InChI is InChI=1S/C24H20NO2P/c25-19-15-17-20(18-16-19)27-23-13-7-8-14-24(23)28(26,21-9-3-1-4-10-21)22-11-5-2-6-12-22/h1-18H,25H2. The summed E-state index contributed by atoms with van der Waals surface area (Å²) >= 11 is 0. The van der Waals surface area contributed by atoms with Crippen LogP contribution in [0, 0.1) is 0 Å².